The Bertz CT molecular complexity index is 856. The number of rotatable bonds is 12. The molecular formula is C25H36N2O4S. The molecule has 0 saturated heterocycles. The Kier molecular flexibility index (Phi) is 9.38. The number of hydrogen-bond donors (Lipinski definition) is 1. The highest BCUT2D eigenvalue weighted by Crippen LogP contribution is 2.34. The van der Waals surface area contributed by atoms with Crippen LogP contribution in [-0.2, 0) is 11.2 Å². The second kappa shape index (κ2) is 12.2. The third-order valence-corrected chi connectivity index (χ3v) is 6.85. The van der Waals surface area contributed by atoms with Gasteiger partial charge in [0.2, 0.25) is 5.91 Å². The summed E-state index contributed by atoms with van der Waals surface area (Å²) < 4.78 is 11.4. The first-order valence-electron chi connectivity index (χ1n) is 11.6. The fraction of sp³-hybridized carbons (Fsp3) is 0.560. The molecule has 2 unspecified atom stereocenters. The molecule has 2 aromatic rings. The molecule has 1 aliphatic rings. The van der Waals surface area contributed by atoms with Crippen molar-refractivity contribution in [3.8, 4) is 11.5 Å². The van der Waals surface area contributed by atoms with E-state index in [4.69, 9.17) is 9.47 Å². The van der Waals surface area contributed by atoms with E-state index in [1.54, 1.807) is 18.4 Å². The predicted molar refractivity (Wildman–Crippen MR) is 129 cm³/mol. The van der Waals surface area contributed by atoms with Gasteiger partial charge in [0.05, 0.1) is 25.8 Å². The average Bonchev–Trinajstić information content (AvgIpc) is 3.27. The molecule has 1 N–H and O–H groups in total. The number of carbonyl (C=O) groups is 1. The van der Waals surface area contributed by atoms with Crippen LogP contribution in [-0.4, -0.2) is 66.8 Å². The lowest BCUT2D eigenvalue weighted by atomic mass is 10.0. The van der Waals surface area contributed by atoms with Crippen LogP contribution in [0.4, 0.5) is 0 Å². The molecule has 6 nitrogen and oxygen atoms in total. The van der Waals surface area contributed by atoms with Gasteiger partial charge in [-0.15, -0.1) is 11.3 Å². The maximum atomic E-state index is 13.4. The molecule has 1 aliphatic heterocycles. The largest absolute Gasteiger partial charge is 0.497 e. The normalized spacial score (nSPS) is 16.7. The summed E-state index contributed by atoms with van der Waals surface area (Å²) in [5.41, 5.74) is 1.19. The summed E-state index contributed by atoms with van der Waals surface area (Å²) in [6, 6.07) is 9.56. The minimum Gasteiger partial charge on any atom is -0.497 e. The van der Waals surface area contributed by atoms with Gasteiger partial charge in [-0.05, 0) is 54.9 Å². The Hall–Kier alpha value is -2.09. The molecule has 0 aliphatic carbocycles. The van der Waals surface area contributed by atoms with Crippen LogP contribution in [0.15, 0.2) is 35.7 Å². The summed E-state index contributed by atoms with van der Waals surface area (Å²) in [5, 5.41) is 12.4. The average molecular weight is 461 g/mol. The van der Waals surface area contributed by atoms with E-state index < -0.39 is 6.10 Å². The van der Waals surface area contributed by atoms with E-state index in [-0.39, 0.29) is 11.9 Å². The Morgan fingerprint density at radius 2 is 2.09 bits per heavy atom. The highest BCUT2D eigenvalue weighted by atomic mass is 32.1. The number of aliphatic hydroxyl groups is 1. The number of amides is 1. The standard InChI is InChI=1S/C25H36N2O4S/c1-4-7-19(28)16-26(12-5-2)17-25(29)27-13-10-24-22(11-14-32-24)23(27)18-31-21-9-6-8-20(15-21)30-3/h6,8-9,11,14-15,19,23,28H,4-5,7,10,12-13,16-18H2,1-3H3. The van der Waals surface area contributed by atoms with E-state index in [0.717, 1.165) is 43.7 Å². The summed E-state index contributed by atoms with van der Waals surface area (Å²) in [7, 11) is 1.64. The second-order valence-electron chi connectivity index (χ2n) is 8.32. The van der Waals surface area contributed by atoms with Gasteiger partial charge >= 0.3 is 0 Å². The lowest BCUT2D eigenvalue weighted by Gasteiger charge is -2.37. The number of ether oxygens (including phenoxy) is 2. The molecule has 0 radical (unpaired) electrons. The van der Waals surface area contributed by atoms with Gasteiger partial charge in [-0.1, -0.05) is 26.3 Å². The van der Waals surface area contributed by atoms with Crippen molar-refractivity contribution >= 4 is 17.2 Å². The molecule has 2 heterocycles. The highest BCUT2D eigenvalue weighted by Gasteiger charge is 2.33. The molecule has 7 heteroatoms. The van der Waals surface area contributed by atoms with Crippen molar-refractivity contribution in [1.82, 2.24) is 9.80 Å². The van der Waals surface area contributed by atoms with Gasteiger partial charge in [-0.25, -0.2) is 0 Å². The van der Waals surface area contributed by atoms with Crippen molar-refractivity contribution in [2.45, 2.75) is 51.7 Å². The summed E-state index contributed by atoms with van der Waals surface area (Å²) in [6.45, 7) is 6.92. The number of carbonyl (C=O) groups excluding carboxylic acids is 1. The fourth-order valence-electron chi connectivity index (χ4n) is 4.30. The molecule has 2 atom stereocenters. The van der Waals surface area contributed by atoms with Gasteiger partial charge < -0.3 is 19.5 Å². The molecule has 32 heavy (non-hydrogen) atoms. The van der Waals surface area contributed by atoms with E-state index in [9.17, 15) is 9.90 Å². The summed E-state index contributed by atoms with van der Waals surface area (Å²) in [4.78, 5) is 18.8. The Morgan fingerprint density at radius 3 is 2.84 bits per heavy atom. The molecular weight excluding hydrogens is 424 g/mol. The maximum absolute atomic E-state index is 13.4. The number of nitrogens with zero attached hydrogens (tertiary/aromatic N) is 2. The van der Waals surface area contributed by atoms with Crippen molar-refractivity contribution in [3.63, 3.8) is 0 Å². The quantitative estimate of drug-likeness (QED) is 0.516. The smallest absolute Gasteiger partial charge is 0.237 e. The van der Waals surface area contributed by atoms with Crippen molar-refractivity contribution in [2.24, 2.45) is 0 Å². The third kappa shape index (κ3) is 6.47. The van der Waals surface area contributed by atoms with Crippen molar-refractivity contribution < 1.29 is 19.4 Å². The molecule has 3 rings (SSSR count). The first-order chi connectivity index (χ1) is 15.5. The monoisotopic (exact) mass is 460 g/mol. The minimum atomic E-state index is -0.392. The van der Waals surface area contributed by atoms with Crippen molar-refractivity contribution in [2.75, 3.05) is 39.9 Å². The summed E-state index contributed by atoms with van der Waals surface area (Å²) in [5.74, 6) is 1.57. The molecule has 0 bridgehead atoms. The number of benzene rings is 1. The van der Waals surface area contributed by atoms with Crippen LogP contribution in [0.3, 0.4) is 0 Å². The molecule has 0 spiro atoms. The van der Waals surface area contributed by atoms with Crippen LogP contribution in [0.25, 0.3) is 0 Å². The number of methoxy groups -OCH3 is 1. The van der Waals surface area contributed by atoms with E-state index >= 15 is 0 Å². The van der Waals surface area contributed by atoms with Crippen LogP contribution >= 0.6 is 11.3 Å². The summed E-state index contributed by atoms with van der Waals surface area (Å²) in [6.07, 6.45) is 3.12. The Balaban J connectivity index is 1.71. The topological polar surface area (TPSA) is 62.2 Å². The first-order valence-corrected chi connectivity index (χ1v) is 12.5. The zero-order chi connectivity index (χ0) is 22.9. The number of hydrogen-bond acceptors (Lipinski definition) is 6. The lowest BCUT2D eigenvalue weighted by molar-refractivity contribution is -0.136. The van der Waals surface area contributed by atoms with Crippen LogP contribution in [0.2, 0.25) is 0 Å². The van der Waals surface area contributed by atoms with Gasteiger partial charge in [-0.3, -0.25) is 9.69 Å². The number of aliphatic hydroxyl groups excluding tert-OH is 1. The van der Waals surface area contributed by atoms with Gasteiger partial charge in [0.1, 0.15) is 18.1 Å². The van der Waals surface area contributed by atoms with E-state index in [1.807, 2.05) is 29.2 Å². The van der Waals surface area contributed by atoms with Gasteiger partial charge in [0, 0.05) is 24.0 Å². The van der Waals surface area contributed by atoms with Crippen LogP contribution in [0.1, 0.15) is 49.6 Å². The second-order valence-corrected chi connectivity index (χ2v) is 9.32. The molecule has 0 fully saturated rings. The third-order valence-electron chi connectivity index (χ3n) is 5.85. The van der Waals surface area contributed by atoms with Gasteiger partial charge in [0.15, 0.2) is 0 Å². The Morgan fingerprint density at radius 1 is 1.28 bits per heavy atom. The maximum Gasteiger partial charge on any atom is 0.237 e. The zero-order valence-corrected chi connectivity index (χ0v) is 20.3. The van der Waals surface area contributed by atoms with Crippen molar-refractivity contribution in [3.05, 3.63) is 46.2 Å². The zero-order valence-electron chi connectivity index (χ0n) is 19.5. The fourth-order valence-corrected chi connectivity index (χ4v) is 5.22. The molecule has 1 amide bonds. The van der Waals surface area contributed by atoms with Crippen molar-refractivity contribution in [1.29, 1.82) is 0 Å². The Labute approximate surface area is 195 Å². The highest BCUT2D eigenvalue weighted by molar-refractivity contribution is 7.10. The predicted octanol–water partition coefficient (Wildman–Crippen LogP) is 4.13. The van der Waals surface area contributed by atoms with Gasteiger partial charge in [0.25, 0.3) is 0 Å². The van der Waals surface area contributed by atoms with Gasteiger partial charge in [-0.2, -0.15) is 0 Å². The van der Waals surface area contributed by atoms with Crippen LogP contribution in [0.5, 0.6) is 11.5 Å². The first kappa shape index (κ1) is 24.6. The lowest BCUT2D eigenvalue weighted by Crippen LogP contribution is -2.47. The van der Waals surface area contributed by atoms with E-state index in [2.05, 4.69) is 30.2 Å². The molecule has 176 valence electrons. The van der Waals surface area contributed by atoms with Crippen LogP contribution < -0.4 is 9.47 Å². The van der Waals surface area contributed by atoms with Crippen LogP contribution in [0, 0.1) is 0 Å². The molecule has 0 saturated carbocycles. The number of thiophene rings is 1. The van der Waals surface area contributed by atoms with E-state index in [1.165, 1.54) is 10.4 Å². The SMILES string of the molecule is CCCC(O)CN(CCC)CC(=O)N1CCc2sccc2C1COc1cccc(OC)c1. The van der Waals surface area contributed by atoms with E-state index in [0.29, 0.717) is 26.2 Å². The minimum absolute atomic E-state index is 0.0956. The molecule has 1 aromatic heterocycles. The molecule has 1 aromatic carbocycles. The summed E-state index contributed by atoms with van der Waals surface area (Å²) >= 11 is 1.75. The number of fused-ring (bicyclic) bond motifs is 1.